The van der Waals surface area contributed by atoms with E-state index in [2.05, 4.69) is 15.4 Å². The van der Waals surface area contributed by atoms with Gasteiger partial charge in [0.25, 0.3) is 5.91 Å². The van der Waals surface area contributed by atoms with Gasteiger partial charge in [-0.15, -0.1) is 11.8 Å². The molecule has 0 saturated heterocycles. The lowest BCUT2D eigenvalue weighted by Crippen LogP contribution is -2.16. The molecule has 0 saturated carbocycles. The van der Waals surface area contributed by atoms with Crippen LogP contribution in [0.1, 0.15) is 15.9 Å². The van der Waals surface area contributed by atoms with Crippen molar-refractivity contribution >= 4 is 23.4 Å². The smallest absolute Gasteiger partial charge is 0.320 e. The fourth-order valence-corrected chi connectivity index (χ4v) is 2.89. The van der Waals surface area contributed by atoms with Crippen LogP contribution >= 0.6 is 11.8 Å². The number of amides is 1. The molecule has 0 bridgehead atoms. The zero-order valence-electron chi connectivity index (χ0n) is 13.5. The predicted octanol–water partition coefficient (Wildman–Crippen LogP) is 4.26. The average Bonchev–Trinajstić information content (AvgIpc) is 3.15. The standard InChI is InChI=1S/C17H13F3N4OS/c1-26-16-12(4-2-7-21-16)15(25)23-13-10-11(17(18,19)20)5-6-14(13)24-9-3-8-22-24/h2-10H,1H3,(H,23,25). The lowest BCUT2D eigenvalue weighted by atomic mass is 10.1. The Balaban J connectivity index is 2.03. The van der Waals surface area contributed by atoms with E-state index in [0.717, 1.165) is 12.1 Å². The zero-order valence-corrected chi connectivity index (χ0v) is 14.3. The molecule has 3 rings (SSSR count). The van der Waals surface area contributed by atoms with E-state index in [-0.39, 0.29) is 11.3 Å². The first-order valence-corrected chi connectivity index (χ1v) is 8.64. The molecule has 0 aliphatic heterocycles. The highest BCUT2D eigenvalue weighted by molar-refractivity contribution is 7.98. The van der Waals surface area contributed by atoms with Gasteiger partial charge in [-0.2, -0.15) is 18.3 Å². The van der Waals surface area contributed by atoms with Crippen LogP contribution in [0.25, 0.3) is 5.69 Å². The molecule has 1 N–H and O–H groups in total. The summed E-state index contributed by atoms with van der Waals surface area (Å²) in [4.78, 5) is 16.7. The van der Waals surface area contributed by atoms with Gasteiger partial charge < -0.3 is 5.32 Å². The van der Waals surface area contributed by atoms with Crippen LogP contribution in [0.2, 0.25) is 0 Å². The minimum absolute atomic E-state index is 0.00410. The van der Waals surface area contributed by atoms with Gasteiger partial charge in [0.2, 0.25) is 0 Å². The highest BCUT2D eigenvalue weighted by Crippen LogP contribution is 2.33. The summed E-state index contributed by atoms with van der Waals surface area (Å²) in [6.45, 7) is 0. The maximum absolute atomic E-state index is 13.1. The number of hydrogen-bond acceptors (Lipinski definition) is 4. The second-order valence-electron chi connectivity index (χ2n) is 5.19. The molecule has 1 amide bonds. The fraction of sp³-hybridized carbons (Fsp3) is 0.118. The maximum atomic E-state index is 13.1. The van der Waals surface area contributed by atoms with Gasteiger partial charge in [0.1, 0.15) is 5.03 Å². The van der Waals surface area contributed by atoms with Crippen LogP contribution < -0.4 is 5.32 Å². The molecule has 26 heavy (non-hydrogen) atoms. The van der Waals surface area contributed by atoms with E-state index in [1.165, 1.54) is 28.7 Å². The van der Waals surface area contributed by atoms with Gasteiger partial charge in [-0.05, 0) is 42.7 Å². The Kier molecular flexibility index (Phi) is 4.99. The molecule has 5 nitrogen and oxygen atoms in total. The number of nitrogens with zero attached hydrogens (tertiary/aromatic N) is 3. The number of benzene rings is 1. The number of anilines is 1. The maximum Gasteiger partial charge on any atom is 0.416 e. The first-order chi connectivity index (χ1) is 12.4. The van der Waals surface area contributed by atoms with Crippen molar-refractivity contribution in [3.63, 3.8) is 0 Å². The SMILES string of the molecule is CSc1ncccc1C(=O)Nc1cc(C(F)(F)F)ccc1-n1cccn1. The average molecular weight is 378 g/mol. The van der Waals surface area contributed by atoms with Crippen molar-refractivity contribution in [1.29, 1.82) is 0 Å². The Morgan fingerprint density at radius 2 is 2.00 bits per heavy atom. The van der Waals surface area contributed by atoms with Crippen LogP contribution in [0.4, 0.5) is 18.9 Å². The molecular weight excluding hydrogens is 365 g/mol. The Hall–Kier alpha value is -2.81. The molecule has 0 radical (unpaired) electrons. The summed E-state index contributed by atoms with van der Waals surface area (Å²) in [7, 11) is 0. The Morgan fingerprint density at radius 1 is 1.19 bits per heavy atom. The third kappa shape index (κ3) is 3.72. The fourth-order valence-electron chi connectivity index (χ4n) is 2.34. The van der Waals surface area contributed by atoms with Gasteiger partial charge in [-0.1, -0.05) is 0 Å². The third-order valence-corrected chi connectivity index (χ3v) is 4.24. The molecule has 0 fully saturated rings. The van der Waals surface area contributed by atoms with Crippen LogP contribution in [0.5, 0.6) is 0 Å². The topological polar surface area (TPSA) is 59.8 Å². The van der Waals surface area contributed by atoms with Crippen molar-refractivity contribution in [2.75, 3.05) is 11.6 Å². The number of rotatable bonds is 4. The molecular formula is C17H13F3N4OS. The number of hydrogen-bond donors (Lipinski definition) is 1. The lowest BCUT2D eigenvalue weighted by Gasteiger charge is -2.15. The van der Waals surface area contributed by atoms with Crippen LogP contribution in [-0.2, 0) is 6.18 Å². The number of aromatic nitrogens is 3. The van der Waals surface area contributed by atoms with Gasteiger partial charge >= 0.3 is 6.18 Å². The summed E-state index contributed by atoms with van der Waals surface area (Å²) in [5, 5.41) is 7.05. The van der Waals surface area contributed by atoms with Gasteiger partial charge in [-0.3, -0.25) is 4.79 Å². The second kappa shape index (κ2) is 7.20. The van der Waals surface area contributed by atoms with Gasteiger partial charge in [-0.25, -0.2) is 9.67 Å². The van der Waals surface area contributed by atoms with Crippen molar-refractivity contribution in [2.24, 2.45) is 0 Å². The van der Waals surface area contributed by atoms with E-state index < -0.39 is 17.6 Å². The molecule has 0 spiro atoms. The van der Waals surface area contributed by atoms with E-state index >= 15 is 0 Å². The van der Waals surface area contributed by atoms with E-state index in [4.69, 9.17) is 0 Å². The van der Waals surface area contributed by atoms with Crippen molar-refractivity contribution < 1.29 is 18.0 Å². The van der Waals surface area contributed by atoms with Gasteiger partial charge in [0, 0.05) is 18.6 Å². The first kappa shape index (κ1) is 18.0. The molecule has 134 valence electrons. The highest BCUT2D eigenvalue weighted by Gasteiger charge is 2.31. The molecule has 9 heteroatoms. The van der Waals surface area contributed by atoms with E-state index in [1.54, 1.807) is 36.8 Å². The minimum Gasteiger partial charge on any atom is -0.320 e. The van der Waals surface area contributed by atoms with Crippen LogP contribution in [-0.4, -0.2) is 26.9 Å². The van der Waals surface area contributed by atoms with E-state index in [0.29, 0.717) is 10.7 Å². The highest BCUT2D eigenvalue weighted by atomic mass is 32.2. The number of thioether (sulfide) groups is 1. The van der Waals surface area contributed by atoms with Crippen LogP contribution in [0, 0.1) is 0 Å². The summed E-state index contributed by atoms with van der Waals surface area (Å²) < 4.78 is 40.6. The number of pyridine rings is 1. The molecule has 2 aromatic heterocycles. The minimum atomic E-state index is -4.53. The normalized spacial score (nSPS) is 11.4. The molecule has 0 atom stereocenters. The third-order valence-electron chi connectivity index (χ3n) is 3.53. The van der Waals surface area contributed by atoms with Crippen LogP contribution in [0.3, 0.4) is 0 Å². The van der Waals surface area contributed by atoms with E-state index in [9.17, 15) is 18.0 Å². The van der Waals surface area contributed by atoms with Crippen molar-refractivity contribution in [1.82, 2.24) is 14.8 Å². The predicted molar refractivity (Wildman–Crippen MR) is 92.5 cm³/mol. The monoisotopic (exact) mass is 378 g/mol. The summed E-state index contributed by atoms with van der Waals surface area (Å²) in [5.41, 5.74) is -0.251. The zero-order chi connectivity index (χ0) is 18.7. The molecule has 0 unspecified atom stereocenters. The van der Waals surface area contributed by atoms with Crippen molar-refractivity contribution in [3.8, 4) is 5.69 Å². The summed E-state index contributed by atoms with van der Waals surface area (Å²) in [6.07, 6.45) is 1.85. The van der Waals surface area contributed by atoms with Gasteiger partial charge in [0.05, 0.1) is 22.5 Å². The molecule has 1 aromatic carbocycles. The van der Waals surface area contributed by atoms with Crippen molar-refractivity contribution in [2.45, 2.75) is 11.2 Å². The summed E-state index contributed by atoms with van der Waals surface area (Å²) in [5.74, 6) is -0.546. The molecule has 2 heterocycles. The molecule has 0 aliphatic rings. The Bertz CT molecular complexity index is 926. The first-order valence-electron chi connectivity index (χ1n) is 7.42. The number of nitrogens with one attached hydrogen (secondary N) is 1. The Labute approximate surface area is 151 Å². The van der Waals surface area contributed by atoms with E-state index in [1.807, 2.05) is 0 Å². The molecule has 3 aromatic rings. The number of alkyl halides is 3. The Morgan fingerprint density at radius 3 is 2.65 bits per heavy atom. The molecule has 0 aliphatic carbocycles. The van der Waals surface area contributed by atoms with Crippen molar-refractivity contribution in [3.05, 3.63) is 66.1 Å². The second-order valence-corrected chi connectivity index (χ2v) is 5.99. The number of halogens is 3. The largest absolute Gasteiger partial charge is 0.416 e. The summed E-state index contributed by atoms with van der Waals surface area (Å²) in [6, 6.07) is 7.90. The number of carbonyl (C=O) groups excluding carboxylic acids is 1. The van der Waals surface area contributed by atoms with Crippen LogP contribution in [0.15, 0.2) is 60.0 Å². The lowest BCUT2D eigenvalue weighted by molar-refractivity contribution is -0.137. The quantitative estimate of drug-likeness (QED) is 0.689. The van der Waals surface area contributed by atoms with Gasteiger partial charge in [0.15, 0.2) is 0 Å². The number of carbonyl (C=O) groups is 1. The summed E-state index contributed by atoms with van der Waals surface area (Å²) >= 11 is 1.27.